The van der Waals surface area contributed by atoms with E-state index in [1.165, 1.54) is 5.56 Å². The number of aromatic nitrogens is 3. The van der Waals surface area contributed by atoms with E-state index in [1.54, 1.807) is 21.4 Å². The van der Waals surface area contributed by atoms with Crippen LogP contribution in [-0.4, -0.2) is 19.5 Å². The molecular formula is C21H25N3O2. The van der Waals surface area contributed by atoms with E-state index >= 15 is 0 Å². The highest BCUT2D eigenvalue weighted by atomic mass is 16.3. The summed E-state index contributed by atoms with van der Waals surface area (Å²) < 4.78 is 3.33. The van der Waals surface area contributed by atoms with Gasteiger partial charge < -0.3 is 5.11 Å². The van der Waals surface area contributed by atoms with Gasteiger partial charge in [-0.05, 0) is 43.0 Å². The Balaban J connectivity index is 1.82. The third-order valence-electron chi connectivity index (χ3n) is 4.45. The van der Waals surface area contributed by atoms with E-state index in [-0.39, 0.29) is 11.4 Å². The molecule has 0 aliphatic heterocycles. The van der Waals surface area contributed by atoms with Crippen LogP contribution in [0.2, 0.25) is 0 Å². The first-order valence-corrected chi connectivity index (χ1v) is 9.07. The van der Waals surface area contributed by atoms with Crippen LogP contribution in [-0.2, 0) is 25.9 Å². The Morgan fingerprint density at radius 3 is 2.50 bits per heavy atom. The molecule has 5 nitrogen and oxygen atoms in total. The lowest BCUT2D eigenvalue weighted by Gasteiger charge is -2.04. The standard InChI is InChI=1S/C21H25N3O2/c1-3-13-23-20(12-11-17-5-4-6-19(25)14-17)22-24(21(23)26)15-18-9-7-16(2)8-10-18/h4-10,14,25H,3,11-13,15H2,1-2H3. The normalized spacial score (nSPS) is 11.0. The minimum Gasteiger partial charge on any atom is -0.508 e. The van der Waals surface area contributed by atoms with Crippen molar-refractivity contribution in [1.29, 1.82) is 0 Å². The Hall–Kier alpha value is -2.82. The molecule has 3 rings (SSSR count). The number of phenolic OH excluding ortho intramolecular Hbond substituents is 1. The predicted molar refractivity (Wildman–Crippen MR) is 103 cm³/mol. The number of rotatable bonds is 7. The van der Waals surface area contributed by atoms with Gasteiger partial charge in [-0.2, -0.15) is 5.10 Å². The van der Waals surface area contributed by atoms with Gasteiger partial charge in [-0.1, -0.05) is 48.9 Å². The zero-order valence-corrected chi connectivity index (χ0v) is 15.4. The minimum atomic E-state index is -0.0571. The van der Waals surface area contributed by atoms with Gasteiger partial charge in [-0.15, -0.1) is 0 Å². The summed E-state index contributed by atoms with van der Waals surface area (Å²) in [5.74, 6) is 1.06. The third-order valence-corrected chi connectivity index (χ3v) is 4.45. The highest BCUT2D eigenvalue weighted by Gasteiger charge is 2.13. The first-order chi connectivity index (χ1) is 12.6. The molecule has 3 aromatic rings. The summed E-state index contributed by atoms with van der Waals surface area (Å²) in [7, 11) is 0. The van der Waals surface area contributed by atoms with E-state index in [1.807, 2.05) is 43.3 Å². The molecular weight excluding hydrogens is 326 g/mol. The molecule has 0 bridgehead atoms. The van der Waals surface area contributed by atoms with Crippen LogP contribution in [0.1, 0.15) is 35.9 Å². The van der Waals surface area contributed by atoms with Crippen molar-refractivity contribution in [2.24, 2.45) is 0 Å². The van der Waals surface area contributed by atoms with E-state index in [0.29, 0.717) is 19.5 Å². The maximum absolute atomic E-state index is 12.7. The van der Waals surface area contributed by atoms with E-state index < -0.39 is 0 Å². The molecule has 0 unspecified atom stereocenters. The molecule has 0 spiro atoms. The fourth-order valence-corrected chi connectivity index (χ4v) is 3.06. The van der Waals surface area contributed by atoms with Crippen molar-refractivity contribution < 1.29 is 5.11 Å². The van der Waals surface area contributed by atoms with Gasteiger partial charge >= 0.3 is 5.69 Å². The summed E-state index contributed by atoms with van der Waals surface area (Å²) >= 11 is 0. The Bertz CT molecular complexity index is 923. The lowest BCUT2D eigenvalue weighted by molar-refractivity contribution is 0.474. The Kier molecular flexibility index (Phi) is 5.56. The molecule has 1 N–H and O–H groups in total. The van der Waals surface area contributed by atoms with Gasteiger partial charge in [0.25, 0.3) is 0 Å². The molecule has 2 aromatic carbocycles. The maximum Gasteiger partial charge on any atom is 0.346 e. The van der Waals surface area contributed by atoms with Crippen molar-refractivity contribution >= 4 is 0 Å². The number of aromatic hydroxyl groups is 1. The molecule has 136 valence electrons. The monoisotopic (exact) mass is 351 g/mol. The van der Waals surface area contributed by atoms with Crippen LogP contribution in [0.15, 0.2) is 53.3 Å². The van der Waals surface area contributed by atoms with Crippen molar-refractivity contribution in [3.05, 3.63) is 81.5 Å². The third kappa shape index (κ3) is 4.23. The zero-order valence-electron chi connectivity index (χ0n) is 15.4. The van der Waals surface area contributed by atoms with Gasteiger partial charge in [0.05, 0.1) is 6.54 Å². The average Bonchev–Trinajstić information content (AvgIpc) is 2.91. The molecule has 0 atom stereocenters. The second-order valence-electron chi connectivity index (χ2n) is 6.66. The number of aryl methyl sites for hydroxylation is 3. The number of nitrogens with zero attached hydrogens (tertiary/aromatic N) is 3. The van der Waals surface area contributed by atoms with Crippen molar-refractivity contribution in [2.45, 2.75) is 46.2 Å². The molecule has 26 heavy (non-hydrogen) atoms. The largest absolute Gasteiger partial charge is 0.508 e. The maximum atomic E-state index is 12.7. The Morgan fingerprint density at radius 1 is 1.04 bits per heavy atom. The van der Waals surface area contributed by atoms with Crippen LogP contribution in [0.4, 0.5) is 0 Å². The highest BCUT2D eigenvalue weighted by Crippen LogP contribution is 2.13. The van der Waals surface area contributed by atoms with E-state index in [9.17, 15) is 9.90 Å². The lowest BCUT2D eigenvalue weighted by Crippen LogP contribution is -2.26. The van der Waals surface area contributed by atoms with Crippen LogP contribution >= 0.6 is 0 Å². The summed E-state index contributed by atoms with van der Waals surface area (Å²) in [4.78, 5) is 12.7. The van der Waals surface area contributed by atoms with Gasteiger partial charge in [0.1, 0.15) is 11.6 Å². The van der Waals surface area contributed by atoms with Crippen LogP contribution < -0.4 is 5.69 Å². The molecule has 0 amide bonds. The fraction of sp³-hybridized carbons (Fsp3) is 0.333. The summed E-state index contributed by atoms with van der Waals surface area (Å²) in [5, 5.41) is 14.2. The first-order valence-electron chi connectivity index (χ1n) is 9.07. The van der Waals surface area contributed by atoms with Gasteiger partial charge in [-0.3, -0.25) is 4.57 Å². The van der Waals surface area contributed by atoms with Crippen molar-refractivity contribution in [2.75, 3.05) is 0 Å². The molecule has 1 aromatic heterocycles. The number of benzene rings is 2. The quantitative estimate of drug-likeness (QED) is 0.710. The zero-order chi connectivity index (χ0) is 18.5. The number of hydrogen-bond donors (Lipinski definition) is 1. The molecule has 1 heterocycles. The topological polar surface area (TPSA) is 60.0 Å². The van der Waals surface area contributed by atoms with Crippen molar-refractivity contribution in [3.8, 4) is 5.75 Å². The molecule has 5 heteroatoms. The fourth-order valence-electron chi connectivity index (χ4n) is 3.06. The number of phenols is 1. The van der Waals surface area contributed by atoms with Gasteiger partial charge in [0.15, 0.2) is 0 Å². The van der Waals surface area contributed by atoms with Gasteiger partial charge in [0, 0.05) is 13.0 Å². The Labute approximate surface area is 153 Å². The minimum absolute atomic E-state index is 0.0571. The van der Waals surface area contributed by atoms with Gasteiger partial charge in [0.2, 0.25) is 0 Å². The second-order valence-corrected chi connectivity index (χ2v) is 6.66. The smallest absolute Gasteiger partial charge is 0.346 e. The first kappa shape index (κ1) is 18.0. The van der Waals surface area contributed by atoms with Gasteiger partial charge in [-0.25, -0.2) is 9.48 Å². The summed E-state index contributed by atoms with van der Waals surface area (Å²) in [5.41, 5.74) is 3.25. The van der Waals surface area contributed by atoms with E-state index in [0.717, 1.165) is 29.8 Å². The second kappa shape index (κ2) is 8.04. The highest BCUT2D eigenvalue weighted by molar-refractivity contribution is 5.27. The molecule has 0 fully saturated rings. The average molecular weight is 351 g/mol. The van der Waals surface area contributed by atoms with Crippen molar-refractivity contribution in [3.63, 3.8) is 0 Å². The predicted octanol–water partition coefficient (Wildman–Crippen LogP) is 3.30. The van der Waals surface area contributed by atoms with E-state index in [4.69, 9.17) is 0 Å². The Morgan fingerprint density at radius 2 is 1.81 bits per heavy atom. The summed E-state index contributed by atoms with van der Waals surface area (Å²) in [6, 6.07) is 15.4. The number of hydrogen-bond acceptors (Lipinski definition) is 3. The van der Waals surface area contributed by atoms with Crippen molar-refractivity contribution in [1.82, 2.24) is 14.3 Å². The molecule has 0 saturated heterocycles. The molecule has 0 saturated carbocycles. The molecule has 0 aliphatic carbocycles. The van der Waals surface area contributed by atoms with Crippen LogP contribution in [0.3, 0.4) is 0 Å². The van der Waals surface area contributed by atoms with Crippen LogP contribution in [0.25, 0.3) is 0 Å². The van der Waals surface area contributed by atoms with Crippen LogP contribution in [0.5, 0.6) is 5.75 Å². The summed E-state index contributed by atoms with van der Waals surface area (Å²) in [6.45, 7) is 5.26. The van der Waals surface area contributed by atoms with E-state index in [2.05, 4.69) is 12.0 Å². The molecule has 0 radical (unpaired) electrons. The van der Waals surface area contributed by atoms with Crippen LogP contribution in [0, 0.1) is 6.92 Å². The summed E-state index contributed by atoms with van der Waals surface area (Å²) in [6.07, 6.45) is 2.29. The molecule has 0 aliphatic rings. The lowest BCUT2D eigenvalue weighted by atomic mass is 10.1. The SMILES string of the molecule is CCCn1c(CCc2cccc(O)c2)nn(Cc2ccc(C)cc2)c1=O.